The lowest BCUT2D eigenvalue weighted by Crippen LogP contribution is -2.41. The van der Waals surface area contributed by atoms with Gasteiger partial charge in [0, 0.05) is 29.4 Å². The van der Waals surface area contributed by atoms with Crippen LogP contribution in [-0.4, -0.2) is 24.1 Å². The van der Waals surface area contributed by atoms with Crippen molar-refractivity contribution < 1.29 is 4.79 Å². The number of carbonyl (C=O) groups is 1. The Hall–Kier alpha value is -1.61. The van der Waals surface area contributed by atoms with Crippen LogP contribution in [0.2, 0.25) is 5.02 Å². The SMILES string of the molecule is O=C1C[C@H](c2cccc(Cl)c2)CC2=C1C=N[C@@H]1CCCC[C@@H]1N2. The molecule has 3 aliphatic rings. The summed E-state index contributed by atoms with van der Waals surface area (Å²) in [4.78, 5) is 17.3. The largest absolute Gasteiger partial charge is 0.383 e. The maximum absolute atomic E-state index is 12.6. The molecule has 1 fully saturated rings. The highest BCUT2D eigenvalue weighted by molar-refractivity contribution is 6.30. The number of ketones is 1. The fraction of sp³-hybridized carbons (Fsp3) is 0.474. The van der Waals surface area contributed by atoms with E-state index < -0.39 is 0 Å². The topological polar surface area (TPSA) is 41.5 Å². The molecule has 120 valence electrons. The number of benzene rings is 1. The summed E-state index contributed by atoms with van der Waals surface area (Å²) in [6.45, 7) is 0. The van der Waals surface area contributed by atoms with Gasteiger partial charge in [-0.1, -0.05) is 36.6 Å². The Morgan fingerprint density at radius 2 is 2.04 bits per heavy atom. The van der Waals surface area contributed by atoms with Gasteiger partial charge in [0.1, 0.15) is 0 Å². The fourth-order valence-corrected chi connectivity index (χ4v) is 4.26. The fourth-order valence-electron chi connectivity index (χ4n) is 4.07. The zero-order valence-electron chi connectivity index (χ0n) is 13.1. The van der Waals surface area contributed by atoms with Crippen LogP contribution in [0.15, 0.2) is 40.5 Å². The number of Topliss-reactive ketones (excluding diaryl/α,β-unsaturated/α-hetero) is 1. The van der Waals surface area contributed by atoms with Gasteiger partial charge in [-0.3, -0.25) is 9.79 Å². The molecule has 1 heterocycles. The number of fused-ring (bicyclic) bond motifs is 1. The van der Waals surface area contributed by atoms with Gasteiger partial charge in [-0.05, 0) is 42.9 Å². The molecule has 1 aliphatic heterocycles. The van der Waals surface area contributed by atoms with Crippen molar-refractivity contribution in [1.29, 1.82) is 0 Å². The molecule has 0 radical (unpaired) electrons. The molecule has 2 aliphatic carbocycles. The lowest BCUT2D eigenvalue weighted by Gasteiger charge is -2.32. The number of hydrogen-bond acceptors (Lipinski definition) is 3. The number of nitrogens with one attached hydrogen (secondary N) is 1. The molecule has 3 nitrogen and oxygen atoms in total. The van der Waals surface area contributed by atoms with Crippen LogP contribution in [0.5, 0.6) is 0 Å². The predicted octanol–water partition coefficient (Wildman–Crippen LogP) is 4.03. The van der Waals surface area contributed by atoms with E-state index in [0.29, 0.717) is 18.5 Å². The molecule has 23 heavy (non-hydrogen) atoms. The van der Waals surface area contributed by atoms with Gasteiger partial charge < -0.3 is 5.32 Å². The third-order valence-electron chi connectivity index (χ3n) is 5.31. The highest BCUT2D eigenvalue weighted by atomic mass is 35.5. The van der Waals surface area contributed by atoms with Gasteiger partial charge in [0.15, 0.2) is 5.78 Å². The van der Waals surface area contributed by atoms with Gasteiger partial charge in [-0.25, -0.2) is 0 Å². The molecule has 4 heteroatoms. The van der Waals surface area contributed by atoms with E-state index in [-0.39, 0.29) is 11.7 Å². The van der Waals surface area contributed by atoms with Crippen molar-refractivity contribution in [3.05, 3.63) is 46.1 Å². The third-order valence-corrected chi connectivity index (χ3v) is 5.55. The van der Waals surface area contributed by atoms with Crippen molar-refractivity contribution in [2.24, 2.45) is 4.99 Å². The van der Waals surface area contributed by atoms with Crippen LogP contribution < -0.4 is 5.32 Å². The Balaban J connectivity index is 1.62. The van der Waals surface area contributed by atoms with Crippen molar-refractivity contribution in [2.75, 3.05) is 0 Å². The molecule has 4 rings (SSSR count). The number of allylic oxidation sites excluding steroid dienone is 2. The van der Waals surface area contributed by atoms with Crippen LogP contribution in [0.25, 0.3) is 0 Å². The molecule has 0 saturated heterocycles. The van der Waals surface area contributed by atoms with Crippen molar-refractivity contribution >= 4 is 23.6 Å². The van der Waals surface area contributed by atoms with E-state index in [9.17, 15) is 4.79 Å². The smallest absolute Gasteiger partial charge is 0.166 e. The second kappa shape index (κ2) is 6.12. The summed E-state index contributed by atoms with van der Waals surface area (Å²) in [6.07, 6.45) is 8.02. The second-order valence-corrected chi connectivity index (χ2v) is 7.29. The standard InChI is InChI=1S/C19H21ClN2O/c20-14-5-3-4-12(8-14)13-9-18-15(19(23)10-13)11-21-16-6-1-2-7-17(16)22-18/h3-5,8,11,13,16-17,22H,1-2,6-7,9-10H2/t13-,16-,17+/m1/s1. The summed E-state index contributed by atoms with van der Waals surface area (Å²) < 4.78 is 0. The number of aliphatic imine (C=N–C) groups is 1. The third kappa shape index (κ3) is 2.94. The van der Waals surface area contributed by atoms with Gasteiger partial charge in [0.05, 0.1) is 11.6 Å². The van der Waals surface area contributed by atoms with Crippen LogP contribution in [0.4, 0.5) is 0 Å². The minimum atomic E-state index is 0.200. The molecule has 0 bridgehead atoms. The lowest BCUT2D eigenvalue weighted by atomic mass is 9.81. The van der Waals surface area contributed by atoms with Crippen molar-refractivity contribution in [3.8, 4) is 0 Å². The molecule has 1 saturated carbocycles. The Bertz CT molecular complexity index is 694. The molecule has 1 N–H and O–H groups in total. The monoisotopic (exact) mass is 328 g/mol. The van der Waals surface area contributed by atoms with Crippen LogP contribution in [0.1, 0.15) is 50.0 Å². The highest BCUT2D eigenvalue weighted by Gasteiger charge is 2.33. The summed E-state index contributed by atoms with van der Waals surface area (Å²) in [6, 6.07) is 8.61. The Kier molecular flexibility index (Phi) is 3.98. The van der Waals surface area contributed by atoms with E-state index in [1.807, 2.05) is 24.4 Å². The molecule has 1 aromatic rings. The number of halogens is 1. The first-order chi connectivity index (χ1) is 11.2. The zero-order valence-corrected chi connectivity index (χ0v) is 13.9. The van der Waals surface area contributed by atoms with Gasteiger partial charge in [0.2, 0.25) is 0 Å². The van der Waals surface area contributed by atoms with Crippen LogP contribution in [0, 0.1) is 0 Å². The lowest BCUT2D eigenvalue weighted by molar-refractivity contribution is -0.115. The predicted molar refractivity (Wildman–Crippen MR) is 93.1 cm³/mol. The Labute approximate surface area is 141 Å². The van der Waals surface area contributed by atoms with E-state index >= 15 is 0 Å². The number of rotatable bonds is 1. The molecular formula is C19H21ClN2O. The van der Waals surface area contributed by atoms with Crippen LogP contribution in [-0.2, 0) is 4.79 Å². The van der Waals surface area contributed by atoms with Crippen LogP contribution >= 0.6 is 11.6 Å². The Morgan fingerprint density at radius 3 is 2.91 bits per heavy atom. The summed E-state index contributed by atoms with van der Waals surface area (Å²) in [5.74, 6) is 0.409. The van der Waals surface area contributed by atoms with E-state index in [2.05, 4.69) is 11.4 Å². The van der Waals surface area contributed by atoms with Gasteiger partial charge >= 0.3 is 0 Å². The van der Waals surface area contributed by atoms with E-state index in [1.165, 1.54) is 12.8 Å². The number of nitrogens with zero attached hydrogens (tertiary/aromatic N) is 1. The second-order valence-electron chi connectivity index (χ2n) is 6.86. The van der Waals surface area contributed by atoms with Gasteiger partial charge in [-0.2, -0.15) is 0 Å². The van der Waals surface area contributed by atoms with Crippen LogP contribution in [0.3, 0.4) is 0 Å². The first kappa shape index (κ1) is 14.9. The minimum Gasteiger partial charge on any atom is -0.383 e. The summed E-state index contributed by atoms with van der Waals surface area (Å²) >= 11 is 6.12. The molecule has 0 amide bonds. The molecule has 0 aromatic heterocycles. The molecule has 0 unspecified atom stereocenters. The Morgan fingerprint density at radius 1 is 1.17 bits per heavy atom. The maximum Gasteiger partial charge on any atom is 0.166 e. The summed E-state index contributed by atoms with van der Waals surface area (Å²) in [5.41, 5.74) is 3.04. The normalized spacial score (nSPS) is 30.3. The van der Waals surface area contributed by atoms with Crippen molar-refractivity contribution in [2.45, 2.75) is 56.5 Å². The molecule has 3 atom stereocenters. The number of hydrogen-bond donors (Lipinski definition) is 1. The number of carbonyl (C=O) groups excluding carboxylic acids is 1. The van der Waals surface area contributed by atoms with Crippen molar-refractivity contribution in [3.63, 3.8) is 0 Å². The molecular weight excluding hydrogens is 308 g/mol. The summed E-state index contributed by atoms with van der Waals surface area (Å²) in [5, 5.41) is 4.40. The maximum atomic E-state index is 12.6. The zero-order chi connectivity index (χ0) is 15.8. The highest BCUT2D eigenvalue weighted by Crippen LogP contribution is 2.36. The quantitative estimate of drug-likeness (QED) is 0.845. The van der Waals surface area contributed by atoms with E-state index in [4.69, 9.17) is 16.6 Å². The first-order valence-electron chi connectivity index (χ1n) is 8.52. The average Bonchev–Trinajstić information content (AvgIpc) is 2.74. The average molecular weight is 329 g/mol. The van der Waals surface area contributed by atoms with Gasteiger partial charge in [0.25, 0.3) is 0 Å². The van der Waals surface area contributed by atoms with E-state index in [0.717, 1.165) is 41.1 Å². The van der Waals surface area contributed by atoms with Crippen molar-refractivity contribution in [1.82, 2.24) is 5.32 Å². The van der Waals surface area contributed by atoms with E-state index in [1.54, 1.807) is 0 Å². The summed E-state index contributed by atoms with van der Waals surface area (Å²) in [7, 11) is 0. The molecule has 1 aromatic carbocycles. The minimum absolute atomic E-state index is 0.200. The molecule has 0 spiro atoms. The van der Waals surface area contributed by atoms with Gasteiger partial charge in [-0.15, -0.1) is 0 Å². The first-order valence-corrected chi connectivity index (χ1v) is 8.90.